The maximum atomic E-state index is 12.4. The lowest BCUT2D eigenvalue weighted by atomic mass is 10.0. The van der Waals surface area contributed by atoms with Crippen LogP contribution in [0.25, 0.3) is 0 Å². The first-order valence-corrected chi connectivity index (χ1v) is 10.6. The Morgan fingerprint density at radius 1 is 1.07 bits per heavy atom. The summed E-state index contributed by atoms with van der Waals surface area (Å²) in [5.41, 5.74) is 2.13. The van der Waals surface area contributed by atoms with Gasteiger partial charge in [0.05, 0.1) is 0 Å². The van der Waals surface area contributed by atoms with Crippen LogP contribution < -0.4 is 10.6 Å². The van der Waals surface area contributed by atoms with Crippen molar-refractivity contribution in [3.8, 4) is 0 Å². The van der Waals surface area contributed by atoms with Gasteiger partial charge in [-0.25, -0.2) is 4.79 Å². The van der Waals surface area contributed by atoms with E-state index in [9.17, 15) is 9.59 Å². The lowest BCUT2D eigenvalue weighted by molar-refractivity contribution is -0.123. The molecule has 1 saturated heterocycles. The minimum absolute atomic E-state index is 0.114. The molecule has 0 unspecified atom stereocenters. The Morgan fingerprint density at radius 3 is 2.40 bits per heavy atom. The molecule has 1 aliphatic rings. The highest BCUT2D eigenvalue weighted by molar-refractivity contribution is 6.30. The van der Waals surface area contributed by atoms with E-state index in [-0.39, 0.29) is 18.6 Å². The topological polar surface area (TPSA) is 70.7 Å². The van der Waals surface area contributed by atoms with Gasteiger partial charge in [0.2, 0.25) is 5.91 Å². The van der Waals surface area contributed by atoms with Gasteiger partial charge >= 0.3 is 6.09 Å². The van der Waals surface area contributed by atoms with Gasteiger partial charge in [0.15, 0.2) is 0 Å². The van der Waals surface area contributed by atoms with Crippen molar-refractivity contribution >= 4 is 23.6 Å². The van der Waals surface area contributed by atoms with Crippen LogP contribution in [0.5, 0.6) is 0 Å². The van der Waals surface area contributed by atoms with E-state index in [1.807, 2.05) is 54.6 Å². The standard InChI is InChI=1S/C23H28ClN3O3/c1-17(25-23(29)30-16-19-5-3-2-4-6-19)22(28)26-21-11-13-27(14-12-21)15-18-7-9-20(24)10-8-18/h2-10,17,21H,11-16H2,1H3,(H,25,29)(H,26,28)/t17-/m0/s1. The minimum atomic E-state index is -0.652. The molecule has 2 N–H and O–H groups in total. The zero-order valence-electron chi connectivity index (χ0n) is 17.1. The summed E-state index contributed by atoms with van der Waals surface area (Å²) >= 11 is 5.94. The number of halogens is 1. The van der Waals surface area contributed by atoms with Crippen LogP contribution in [0, 0.1) is 0 Å². The molecule has 3 rings (SSSR count). The number of hydrogen-bond donors (Lipinski definition) is 2. The summed E-state index contributed by atoms with van der Waals surface area (Å²) in [4.78, 5) is 26.7. The number of likely N-dealkylation sites (tertiary alicyclic amines) is 1. The largest absolute Gasteiger partial charge is 0.445 e. The molecule has 2 aromatic rings. The fourth-order valence-corrected chi connectivity index (χ4v) is 3.54. The number of nitrogens with zero attached hydrogens (tertiary/aromatic N) is 1. The smallest absolute Gasteiger partial charge is 0.408 e. The molecule has 2 amide bonds. The second-order valence-electron chi connectivity index (χ2n) is 7.61. The van der Waals surface area contributed by atoms with Gasteiger partial charge in [0, 0.05) is 30.7 Å². The second kappa shape index (κ2) is 11.0. The highest BCUT2D eigenvalue weighted by Crippen LogP contribution is 2.16. The maximum Gasteiger partial charge on any atom is 0.408 e. The Morgan fingerprint density at radius 2 is 1.73 bits per heavy atom. The molecule has 0 saturated carbocycles. The van der Waals surface area contributed by atoms with Crippen molar-refractivity contribution < 1.29 is 14.3 Å². The molecule has 0 aliphatic carbocycles. The molecule has 160 valence electrons. The van der Waals surface area contributed by atoms with E-state index < -0.39 is 12.1 Å². The molecule has 7 heteroatoms. The number of nitrogens with one attached hydrogen (secondary N) is 2. The molecule has 6 nitrogen and oxygen atoms in total. The summed E-state index contributed by atoms with van der Waals surface area (Å²) in [7, 11) is 0. The molecule has 30 heavy (non-hydrogen) atoms. The minimum Gasteiger partial charge on any atom is -0.445 e. The van der Waals surface area contributed by atoms with Crippen LogP contribution in [0.1, 0.15) is 30.9 Å². The third kappa shape index (κ3) is 7.04. The maximum absolute atomic E-state index is 12.4. The number of piperidine rings is 1. The van der Waals surface area contributed by atoms with Crippen molar-refractivity contribution in [1.82, 2.24) is 15.5 Å². The summed E-state index contributed by atoms with van der Waals surface area (Å²) in [5, 5.41) is 6.37. The fourth-order valence-electron chi connectivity index (χ4n) is 3.42. The van der Waals surface area contributed by atoms with Gasteiger partial charge in [-0.15, -0.1) is 0 Å². The summed E-state index contributed by atoms with van der Waals surface area (Å²) in [6, 6.07) is 16.8. The van der Waals surface area contributed by atoms with Gasteiger partial charge in [0.25, 0.3) is 0 Å². The van der Waals surface area contributed by atoms with Crippen LogP contribution in [-0.2, 0) is 22.7 Å². The Bertz CT molecular complexity index is 821. The Labute approximate surface area is 182 Å². The lowest BCUT2D eigenvalue weighted by Crippen LogP contribution is -2.51. The molecular weight excluding hydrogens is 402 g/mol. The quantitative estimate of drug-likeness (QED) is 0.703. The molecule has 1 heterocycles. The molecule has 1 fully saturated rings. The lowest BCUT2D eigenvalue weighted by Gasteiger charge is -2.33. The Hall–Kier alpha value is -2.57. The average Bonchev–Trinajstić information content (AvgIpc) is 2.76. The van der Waals surface area contributed by atoms with E-state index in [0.717, 1.165) is 43.1 Å². The van der Waals surface area contributed by atoms with Crippen molar-refractivity contribution in [1.29, 1.82) is 0 Å². The fraction of sp³-hybridized carbons (Fsp3) is 0.391. The molecule has 0 bridgehead atoms. The van der Waals surface area contributed by atoms with Gasteiger partial charge in [0.1, 0.15) is 12.6 Å². The zero-order chi connectivity index (χ0) is 21.3. The number of amides is 2. The van der Waals surface area contributed by atoms with Crippen LogP contribution in [0.2, 0.25) is 5.02 Å². The van der Waals surface area contributed by atoms with Gasteiger partial charge < -0.3 is 15.4 Å². The SMILES string of the molecule is C[C@H](NC(=O)OCc1ccccc1)C(=O)NC1CCN(Cc2ccc(Cl)cc2)CC1. The molecular formula is C23H28ClN3O3. The van der Waals surface area contributed by atoms with Crippen molar-refractivity contribution in [3.05, 3.63) is 70.7 Å². The number of ether oxygens (including phenoxy) is 1. The zero-order valence-corrected chi connectivity index (χ0v) is 17.9. The summed E-state index contributed by atoms with van der Waals surface area (Å²) in [5.74, 6) is -0.192. The second-order valence-corrected chi connectivity index (χ2v) is 8.05. The highest BCUT2D eigenvalue weighted by Gasteiger charge is 2.24. The monoisotopic (exact) mass is 429 g/mol. The van der Waals surface area contributed by atoms with Crippen LogP contribution >= 0.6 is 11.6 Å². The van der Waals surface area contributed by atoms with Gasteiger partial charge in [-0.2, -0.15) is 0 Å². The van der Waals surface area contributed by atoms with Crippen LogP contribution in [0.4, 0.5) is 4.79 Å². The number of carbonyl (C=O) groups excluding carboxylic acids is 2. The average molecular weight is 430 g/mol. The van der Waals surface area contributed by atoms with Crippen molar-refractivity contribution in [2.45, 2.75) is 45.0 Å². The van der Waals surface area contributed by atoms with Gasteiger partial charge in [-0.3, -0.25) is 9.69 Å². The van der Waals surface area contributed by atoms with Crippen molar-refractivity contribution in [3.63, 3.8) is 0 Å². The van der Waals surface area contributed by atoms with E-state index in [0.29, 0.717) is 0 Å². The third-order valence-corrected chi connectivity index (χ3v) is 5.45. The van der Waals surface area contributed by atoms with Gasteiger partial charge in [-0.05, 0) is 43.0 Å². The molecule has 2 aromatic carbocycles. The van der Waals surface area contributed by atoms with Crippen LogP contribution in [0.3, 0.4) is 0 Å². The first kappa shape index (κ1) is 22.1. The van der Waals surface area contributed by atoms with Crippen molar-refractivity contribution in [2.24, 2.45) is 0 Å². The van der Waals surface area contributed by atoms with Gasteiger partial charge in [-0.1, -0.05) is 54.1 Å². The van der Waals surface area contributed by atoms with Crippen LogP contribution in [-0.4, -0.2) is 42.1 Å². The number of carbonyl (C=O) groups is 2. The van der Waals surface area contributed by atoms with E-state index in [1.165, 1.54) is 5.56 Å². The summed E-state index contributed by atoms with van der Waals surface area (Å²) < 4.78 is 5.17. The predicted octanol–water partition coefficient (Wildman–Crippen LogP) is 3.74. The summed E-state index contributed by atoms with van der Waals surface area (Å²) in [6.45, 7) is 4.54. The van der Waals surface area contributed by atoms with E-state index in [1.54, 1.807) is 6.92 Å². The number of benzene rings is 2. The normalized spacial score (nSPS) is 15.9. The van der Waals surface area contributed by atoms with E-state index in [2.05, 4.69) is 15.5 Å². The molecule has 0 aromatic heterocycles. The highest BCUT2D eigenvalue weighted by atomic mass is 35.5. The first-order valence-electron chi connectivity index (χ1n) is 10.2. The predicted molar refractivity (Wildman–Crippen MR) is 117 cm³/mol. The molecule has 1 aliphatic heterocycles. The number of rotatable bonds is 7. The molecule has 1 atom stereocenters. The first-order chi connectivity index (χ1) is 14.5. The number of hydrogen-bond acceptors (Lipinski definition) is 4. The summed E-state index contributed by atoms with van der Waals surface area (Å²) in [6.07, 6.45) is 1.16. The van der Waals surface area contributed by atoms with E-state index >= 15 is 0 Å². The van der Waals surface area contributed by atoms with Crippen LogP contribution in [0.15, 0.2) is 54.6 Å². The Balaban J connectivity index is 1.35. The number of alkyl carbamates (subject to hydrolysis) is 1. The van der Waals surface area contributed by atoms with Crippen molar-refractivity contribution in [2.75, 3.05) is 13.1 Å². The van der Waals surface area contributed by atoms with E-state index in [4.69, 9.17) is 16.3 Å². The Kier molecular flexibility index (Phi) is 8.11. The molecule has 0 spiro atoms. The molecule has 0 radical (unpaired) electrons. The third-order valence-electron chi connectivity index (χ3n) is 5.19.